The van der Waals surface area contributed by atoms with Gasteiger partial charge in [-0.25, -0.2) is 8.42 Å². The maximum absolute atomic E-state index is 13.9. The zero-order chi connectivity index (χ0) is 28.1. The van der Waals surface area contributed by atoms with Gasteiger partial charge in [0, 0.05) is 19.2 Å². The second-order valence-corrected chi connectivity index (χ2v) is 11.2. The lowest BCUT2D eigenvalue weighted by Gasteiger charge is -2.35. The van der Waals surface area contributed by atoms with Crippen molar-refractivity contribution in [1.29, 1.82) is 0 Å². The molecule has 0 fully saturated rings. The number of sulfonamides is 1. The number of carbonyl (C=O) groups excluding carboxylic acids is 1. The molecule has 8 nitrogen and oxygen atoms in total. The Kier molecular flexibility index (Phi) is 8.04. The molecule has 206 valence electrons. The number of rotatable bonds is 9. The number of ether oxygens (including phenoxy) is 3. The van der Waals surface area contributed by atoms with Crippen LogP contribution >= 0.6 is 0 Å². The fraction of sp³-hybridized carbons (Fsp3) is 0.194. The van der Waals surface area contributed by atoms with Gasteiger partial charge < -0.3 is 19.5 Å². The van der Waals surface area contributed by atoms with E-state index in [1.54, 1.807) is 6.07 Å². The summed E-state index contributed by atoms with van der Waals surface area (Å²) in [6, 6.07) is 27.9. The first-order valence-electron chi connectivity index (χ1n) is 12.8. The molecule has 0 saturated heterocycles. The molecule has 1 atom stereocenters. The quantitative estimate of drug-likeness (QED) is 0.313. The van der Waals surface area contributed by atoms with E-state index < -0.39 is 16.1 Å². The molecule has 4 aromatic carbocycles. The van der Waals surface area contributed by atoms with Gasteiger partial charge in [0.1, 0.15) is 17.5 Å². The van der Waals surface area contributed by atoms with Crippen molar-refractivity contribution in [1.82, 2.24) is 9.62 Å². The Balaban J connectivity index is 1.38. The Morgan fingerprint density at radius 1 is 0.825 bits per heavy atom. The van der Waals surface area contributed by atoms with Crippen molar-refractivity contribution in [2.24, 2.45) is 0 Å². The Morgan fingerprint density at radius 2 is 1.52 bits per heavy atom. The fourth-order valence-corrected chi connectivity index (χ4v) is 6.32. The Labute approximate surface area is 234 Å². The van der Waals surface area contributed by atoms with E-state index in [1.165, 1.54) is 30.7 Å². The normalized spacial score (nSPS) is 15.1. The molecule has 40 heavy (non-hydrogen) atoms. The summed E-state index contributed by atoms with van der Waals surface area (Å²) < 4.78 is 45.6. The Hall–Kier alpha value is -4.34. The van der Waals surface area contributed by atoms with E-state index in [0.717, 1.165) is 16.7 Å². The molecule has 0 saturated carbocycles. The molecule has 0 aromatic heterocycles. The number of hydrogen-bond acceptors (Lipinski definition) is 6. The molecule has 0 bridgehead atoms. The molecular formula is C31H30N2O6S. The van der Waals surface area contributed by atoms with Crippen molar-refractivity contribution in [2.45, 2.75) is 30.4 Å². The highest BCUT2D eigenvalue weighted by Gasteiger charge is 2.39. The lowest BCUT2D eigenvalue weighted by molar-refractivity contribution is -0.125. The van der Waals surface area contributed by atoms with Crippen LogP contribution in [0.15, 0.2) is 102 Å². The second-order valence-electron chi connectivity index (χ2n) is 9.34. The zero-order valence-corrected chi connectivity index (χ0v) is 23.1. The maximum atomic E-state index is 13.9. The molecule has 1 aliphatic heterocycles. The zero-order valence-electron chi connectivity index (χ0n) is 22.2. The summed E-state index contributed by atoms with van der Waals surface area (Å²) >= 11 is 0. The first kappa shape index (κ1) is 27.2. The number of methoxy groups -OCH3 is 2. The van der Waals surface area contributed by atoms with Gasteiger partial charge in [-0.1, -0.05) is 54.6 Å². The minimum atomic E-state index is -4.06. The summed E-state index contributed by atoms with van der Waals surface area (Å²) in [5.74, 6) is 1.67. The third kappa shape index (κ3) is 5.80. The first-order chi connectivity index (χ1) is 19.4. The molecule has 0 unspecified atom stereocenters. The average molecular weight is 559 g/mol. The molecule has 5 rings (SSSR count). The van der Waals surface area contributed by atoms with Crippen molar-refractivity contribution >= 4 is 15.9 Å². The molecule has 0 radical (unpaired) electrons. The van der Waals surface area contributed by atoms with Gasteiger partial charge in [0.15, 0.2) is 11.5 Å². The summed E-state index contributed by atoms with van der Waals surface area (Å²) in [6.45, 7) is 0.290. The fourth-order valence-electron chi connectivity index (χ4n) is 4.74. The third-order valence-electron chi connectivity index (χ3n) is 6.81. The number of nitrogens with one attached hydrogen (secondary N) is 1. The standard InChI is InChI=1S/C31H30N2O6S/c1-37-29-16-15-27(19-30(29)38-2)40(35,36)33-21-24-11-7-6-10-23(24)18-28(33)31(34)32-20-22-9-8-14-26(17-22)39-25-12-4-3-5-13-25/h3-17,19,28H,18,20-21H2,1-2H3,(H,32,34)/t28-/m1/s1. The molecule has 1 amide bonds. The minimum absolute atomic E-state index is 0.0214. The molecule has 1 heterocycles. The van der Waals surface area contributed by atoms with Crippen LogP contribution in [0.1, 0.15) is 16.7 Å². The molecule has 1 N–H and O–H groups in total. The first-order valence-corrected chi connectivity index (χ1v) is 14.2. The molecule has 0 spiro atoms. The molecular weight excluding hydrogens is 528 g/mol. The topological polar surface area (TPSA) is 94.2 Å². The average Bonchev–Trinajstić information content (AvgIpc) is 2.99. The summed E-state index contributed by atoms with van der Waals surface area (Å²) in [4.78, 5) is 13.6. The number of nitrogens with zero attached hydrogens (tertiary/aromatic N) is 1. The summed E-state index contributed by atoms with van der Waals surface area (Å²) in [6.07, 6.45) is 0.256. The third-order valence-corrected chi connectivity index (χ3v) is 8.66. The van der Waals surface area contributed by atoms with Crippen molar-refractivity contribution in [2.75, 3.05) is 14.2 Å². The predicted molar refractivity (Wildman–Crippen MR) is 151 cm³/mol. The van der Waals surface area contributed by atoms with E-state index >= 15 is 0 Å². The number of benzene rings is 4. The molecule has 1 aliphatic rings. The lowest BCUT2D eigenvalue weighted by atomic mass is 9.95. The van der Waals surface area contributed by atoms with Gasteiger partial charge in [-0.15, -0.1) is 0 Å². The second kappa shape index (κ2) is 11.8. The predicted octanol–water partition coefficient (Wildman–Crippen LogP) is 4.93. The number of carbonyl (C=O) groups is 1. The van der Waals surface area contributed by atoms with Crippen LogP contribution in [0.4, 0.5) is 0 Å². The van der Waals surface area contributed by atoms with Gasteiger partial charge in [0.2, 0.25) is 15.9 Å². The van der Waals surface area contributed by atoms with Crippen LogP contribution in [0.3, 0.4) is 0 Å². The van der Waals surface area contributed by atoms with E-state index in [4.69, 9.17) is 14.2 Å². The van der Waals surface area contributed by atoms with Gasteiger partial charge >= 0.3 is 0 Å². The van der Waals surface area contributed by atoms with E-state index in [1.807, 2.05) is 78.9 Å². The number of hydrogen-bond donors (Lipinski definition) is 1. The van der Waals surface area contributed by atoms with Crippen molar-refractivity contribution in [3.05, 3.63) is 114 Å². The Morgan fingerprint density at radius 3 is 2.27 bits per heavy atom. The summed E-state index contributed by atoms with van der Waals surface area (Å²) in [5, 5.41) is 2.94. The van der Waals surface area contributed by atoms with Gasteiger partial charge in [0.05, 0.1) is 19.1 Å². The monoisotopic (exact) mass is 558 g/mol. The number of para-hydroxylation sites is 1. The smallest absolute Gasteiger partial charge is 0.244 e. The van der Waals surface area contributed by atoms with E-state index in [0.29, 0.717) is 23.0 Å². The van der Waals surface area contributed by atoms with Gasteiger partial charge in [-0.2, -0.15) is 4.31 Å². The van der Waals surface area contributed by atoms with Gasteiger partial charge in [0.25, 0.3) is 0 Å². The van der Waals surface area contributed by atoms with Crippen LogP contribution in [0.25, 0.3) is 0 Å². The minimum Gasteiger partial charge on any atom is -0.493 e. The van der Waals surface area contributed by atoms with Crippen LogP contribution in [0.5, 0.6) is 23.0 Å². The Bertz CT molecular complexity index is 1610. The van der Waals surface area contributed by atoms with Crippen LogP contribution in [-0.4, -0.2) is 38.9 Å². The van der Waals surface area contributed by atoms with Crippen molar-refractivity contribution < 1.29 is 27.4 Å². The van der Waals surface area contributed by atoms with Crippen molar-refractivity contribution in [3.63, 3.8) is 0 Å². The maximum Gasteiger partial charge on any atom is 0.244 e. The van der Waals surface area contributed by atoms with E-state index in [9.17, 15) is 13.2 Å². The van der Waals surface area contributed by atoms with Crippen LogP contribution < -0.4 is 19.5 Å². The van der Waals surface area contributed by atoms with Crippen LogP contribution in [0.2, 0.25) is 0 Å². The number of amides is 1. The summed E-state index contributed by atoms with van der Waals surface area (Å²) in [7, 11) is -1.13. The van der Waals surface area contributed by atoms with Crippen LogP contribution in [0, 0.1) is 0 Å². The van der Waals surface area contributed by atoms with Crippen LogP contribution in [-0.2, 0) is 34.3 Å². The highest BCUT2D eigenvalue weighted by molar-refractivity contribution is 7.89. The SMILES string of the molecule is COc1ccc(S(=O)(=O)N2Cc3ccccc3C[C@@H]2C(=O)NCc2cccc(Oc3ccccc3)c2)cc1OC. The molecule has 4 aromatic rings. The highest BCUT2D eigenvalue weighted by atomic mass is 32.2. The largest absolute Gasteiger partial charge is 0.493 e. The van der Waals surface area contributed by atoms with Gasteiger partial charge in [-0.05, 0) is 59.5 Å². The van der Waals surface area contributed by atoms with E-state index in [-0.39, 0.29) is 30.3 Å². The molecule has 0 aliphatic carbocycles. The van der Waals surface area contributed by atoms with Crippen molar-refractivity contribution in [3.8, 4) is 23.0 Å². The molecule has 9 heteroatoms. The van der Waals surface area contributed by atoms with Gasteiger partial charge in [-0.3, -0.25) is 4.79 Å². The lowest BCUT2D eigenvalue weighted by Crippen LogP contribution is -2.52. The number of fused-ring (bicyclic) bond motifs is 1. The van der Waals surface area contributed by atoms with E-state index in [2.05, 4.69) is 5.32 Å². The highest BCUT2D eigenvalue weighted by Crippen LogP contribution is 2.34. The summed E-state index contributed by atoms with van der Waals surface area (Å²) in [5.41, 5.74) is 2.63.